The zero-order valence-corrected chi connectivity index (χ0v) is 19.1. The van der Waals surface area contributed by atoms with Crippen LogP contribution in [0.4, 0.5) is 0 Å². The summed E-state index contributed by atoms with van der Waals surface area (Å²) >= 11 is 0. The lowest BCUT2D eigenvalue weighted by Gasteiger charge is -2.27. The van der Waals surface area contributed by atoms with E-state index >= 15 is 0 Å². The lowest BCUT2D eigenvalue weighted by Crippen LogP contribution is -2.19. The molecule has 0 amide bonds. The normalized spacial score (nSPS) is 15.9. The maximum absolute atomic E-state index is 6.13. The Kier molecular flexibility index (Phi) is 4.82. The minimum atomic E-state index is -0.132. The monoisotopic (exact) mass is 420 g/mol. The Hall–Kier alpha value is -3.52. The van der Waals surface area contributed by atoms with Gasteiger partial charge >= 0.3 is 0 Å². The second-order valence-electron chi connectivity index (χ2n) is 9.55. The van der Waals surface area contributed by atoms with Gasteiger partial charge < -0.3 is 9.47 Å². The molecule has 7 aliphatic rings. The van der Waals surface area contributed by atoms with Crippen molar-refractivity contribution >= 4 is 0 Å². The summed E-state index contributed by atoms with van der Waals surface area (Å²) in [5.41, 5.74) is 4.68. The van der Waals surface area contributed by atoms with Crippen molar-refractivity contribution in [2.45, 2.75) is 38.5 Å². The molecule has 8 bridgehead atoms. The molecule has 0 aliphatic carbocycles. The van der Waals surface area contributed by atoms with Crippen LogP contribution < -0.4 is 9.47 Å². The van der Waals surface area contributed by atoms with Crippen LogP contribution in [0.5, 0.6) is 23.0 Å². The van der Waals surface area contributed by atoms with E-state index in [2.05, 4.69) is 76.2 Å². The molecular weight excluding hydrogens is 392 g/mol. The Balaban J connectivity index is 1.60. The highest BCUT2D eigenvalue weighted by molar-refractivity contribution is 5.46. The van der Waals surface area contributed by atoms with Crippen LogP contribution in [0.2, 0.25) is 0 Å². The summed E-state index contributed by atoms with van der Waals surface area (Å²) in [6.07, 6.45) is 0. The van der Waals surface area contributed by atoms with Gasteiger partial charge in [-0.25, -0.2) is 0 Å². The summed E-state index contributed by atoms with van der Waals surface area (Å²) in [5, 5.41) is 0. The molecule has 0 saturated carbocycles. The van der Waals surface area contributed by atoms with Crippen LogP contribution in [0.3, 0.4) is 0 Å². The molecule has 0 fully saturated rings. The van der Waals surface area contributed by atoms with Crippen LogP contribution in [-0.4, -0.2) is 0 Å². The van der Waals surface area contributed by atoms with Crippen molar-refractivity contribution in [1.82, 2.24) is 0 Å². The van der Waals surface area contributed by atoms with Gasteiger partial charge in [0.2, 0.25) is 0 Å². The van der Waals surface area contributed by atoms with E-state index in [-0.39, 0.29) is 10.8 Å². The van der Waals surface area contributed by atoms with Gasteiger partial charge in [0.05, 0.1) is 0 Å². The van der Waals surface area contributed by atoms with Gasteiger partial charge in [-0.3, -0.25) is 0 Å². The average Bonchev–Trinajstić information content (AvgIpc) is 2.80. The van der Waals surface area contributed by atoms with E-state index in [1.165, 1.54) is 22.3 Å². The summed E-state index contributed by atoms with van der Waals surface area (Å²) in [7, 11) is 0. The lowest BCUT2D eigenvalue weighted by atomic mass is 9.78. The summed E-state index contributed by atoms with van der Waals surface area (Å²) in [5.74, 6) is 3.35. The van der Waals surface area contributed by atoms with E-state index in [1.807, 2.05) is 48.5 Å². The van der Waals surface area contributed by atoms with Crippen molar-refractivity contribution in [2.75, 3.05) is 0 Å². The van der Waals surface area contributed by atoms with Crippen LogP contribution in [0.25, 0.3) is 0 Å². The first-order chi connectivity index (χ1) is 15.3. The first-order valence-corrected chi connectivity index (χ1v) is 11.1. The lowest BCUT2D eigenvalue weighted by molar-refractivity contribution is 0.479. The van der Waals surface area contributed by atoms with Gasteiger partial charge in [0.15, 0.2) is 0 Å². The molecule has 7 heterocycles. The van der Waals surface area contributed by atoms with Crippen molar-refractivity contribution in [1.29, 1.82) is 0 Å². The average molecular weight is 421 g/mol. The van der Waals surface area contributed by atoms with Gasteiger partial charge in [-0.2, -0.15) is 0 Å². The number of hydrogen-bond acceptors (Lipinski definition) is 2. The molecule has 4 aromatic carbocycles. The van der Waals surface area contributed by atoms with E-state index in [0.29, 0.717) is 0 Å². The van der Waals surface area contributed by atoms with Gasteiger partial charge in [-0.1, -0.05) is 76.2 Å². The molecule has 7 aliphatic heterocycles. The minimum Gasteiger partial charge on any atom is -0.457 e. The molecule has 0 radical (unpaired) electrons. The zero-order chi connectivity index (χ0) is 22.3. The molecule has 0 spiro atoms. The van der Waals surface area contributed by atoms with Crippen LogP contribution in [0.15, 0.2) is 97.1 Å². The van der Waals surface area contributed by atoms with Crippen LogP contribution in [0, 0.1) is 0 Å². The van der Waals surface area contributed by atoms with Crippen molar-refractivity contribution in [3.8, 4) is 23.0 Å². The molecule has 160 valence electrons. The molecule has 2 nitrogen and oxygen atoms in total. The predicted molar refractivity (Wildman–Crippen MR) is 130 cm³/mol. The summed E-state index contributed by atoms with van der Waals surface area (Å²) in [6.45, 7) is 8.96. The summed E-state index contributed by atoms with van der Waals surface area (Å²) in [4.78, 5) is 0. The predicted octanol–water partition coefficient (Wildman–Crippen LogP) is 8.24. The van der Waals surface area contributed by atoms with Gasteiger partial charge in [-0.15, -0.1) is 0 Å². The highest BCUT2D eigenvalue weighted by atomic mass is 16.5. The SMILES string of the molecule is CC1(C)c2ccc(cc2)Oc2ccc(cc2)C(C)(C)c2ccc(cc2)Oc2ccc1cc2. The number of ether oxygens (including phenoxy) is 2. The fourth-order valence-corrected chi connectivity index (χ4v) is 4.36. The molecule has 0 atom stereocenters. The smallest absolute Gasteiger partial charge is 0.127 e. The molecule has 11 rings (SSSR count). The second-order valence-corrected chi connectivity index (χ2v) is 9.55. The molecule has 0 saturated heterocycles. The second kappa shape index (κ2) is 7.56. The van der Waals surface area contributed by atoms with Gasteiger partial charge in [-0.05, 0) is 70.8 Å². The van der Waals surface area contributed by atoms with Gasteiger partial charge in [0, 0.05) is 10.8 Å². The highest BCUT2D eigenvalue weighted by Gasteiger charge is 2.25. The molecule has 2 heteroatoms. The Morgan fingerprint density at radius 2 is 0.531 bits per heavy atom. The molecule has 4 aromatic rings. The third-order valence-electron chi connectivity index (χ3n) is 6.78. The number of benzene rings is 4. The van der Waals surface area contributed by atoms with E-state index in [1.54, 1.807) is 0 Å². The first-order valence-electron chi connectivity index (χ1n) is 11.1. The standard InChI is InChI=1S/C30H28O2/c1-29(2)21-5-13-25(14-6-21)31-27-17-9-23(10-18-27)30(3,4)24-11-19-28(20-12-24)32-26-15-7-22(29)8-16-26/h5-20H,1-4H3. The number of hydrogen-bond donors (Lipinski definition) is 0. The Labute approximate surface area is 190 Å². The first kappa shape index (κ1) is 20.4. The zero-order valence-electron chi connectivity index (χ0n) is 19.1. The maximum atomic E-state index is 6.13. The summed E-state index contributed by atoms with van der Waals surface area (Å²) < 4.78 is 12.3. The molecular formula is C30H28O2. The van der Waals surface area contributed by atoms with E-state index in [0.717, 1.165) is 23.0 Å². The third kappa shape index (κ3) is 3.67. The Morgan fingerprint density at radius 3 is 0.719 bits per heavy atom. The molecule has 0 aromatic heterocycles. The van der Waals surface area contributed by atoms with Crippen molar-refractivity contribution in [3.63, 3.8) is 0 Å². The van der Waals surface area contributed by atoms with E-state index in [4.69, 9.17) is 9.47 Å². The number of rotatable bonds is 0. The Bertz CT molecular complexity index is 1020. The maximum Gasteiger partial charge on any atom is 0.127 e. The van der Waals surface area contributed by atoms with Crippen LogP contribution in [0.1, 0.15) is 49.9 Å². The topological polar surface area (TPSA) is 18.5 Å². The van der Waals surface area contributed by atoms with Crippen molar-refractivity contribution in [2.24, 2.45) is 0 Å². The largest absolute Gasteiger partial charge is 0.457 e. The fourth-order valence-electron chi connectivity index (χ4n) is 4.36. The third-order valence-corrected chi connectivity index (χ3v) is 6.78. The molecule has 32 heavy (non-hydrogen) atoms. The van der Waals surface area contributed by atoms with E-state index in [9.17, 15) is 0 Å². The van der Waals surface area contributed by atoms with Gasteiger partial charge in [0.25, 0.3) is 0 Å². The highest BCUT2D eigenvalue weighted by Crippen LogP contribution is 2.37. The van der Waals surface area contributed by atoms with Crippen LogP contribution >= 0.6 is 0 Å². The molecule has 0 unspecified atom stereocenters. The Morgan fingerprint density at radius 1 is 0.344 bits per heavy atom. The fraction of sp³-hybridized carbons (Fsp3) is 0.200. The van der Waals surface area contributed by atoms with E-state index < -0.39 is 0 Å². The minimum absolute atomic E-state index is 0.132. The quantitative estimate of drug-likeness (QED) is 0.285. The van der Waals surface area contributed by atoms with Crippen LogP contribution in [-0.2, 0) is 10.8 Å². The van der Waals surface area contributed by atoms with Gasteiger partial charge in [0.1, 0.15) is 23.0 Å². The van der Waals surface area contributed by atoms with Crippen molar-refractivity contribution < 1.29 is 9.47 Å². The molecule has 0 N–H and O–H groups in total. The van der Waals surface area contributed by atoms with Crippen molar-refractivity contribution in [3.05, 3.63) is 119 Å². The summed E-state index contributed by atoms with van der Waals surface area (Å²) in [6, 6.07) is 33.6.